The maximum atomic E-state index is 11.9. The highest BCUT2D eigenvalue weighted by Crippen LogP contribution is 2.21. The number of nitrogens with zero attached hydrogens (tertiary/aromatic N) is 3. The Morgan fingerprint density at radius 2 is 2.06 bits per heavy atom. The fourth-order valence-corrected chi connectivity index (χ4v) is 1.33. The van der Waals surface area contributed by atoms with Crippen molar-refractivity contribution in [3.63, 3.8) is 0 Å². The van der Waals surface area contributed by atoms with Gasteiger partial charge in [-0.25, -0.2) is 9.97 Å². The molecule has 0 saturated carbocycles. The van der Waals surface area contributed by atoms with E-state index in [9.17, 15) is 4.79 Å². The van der Waals surface area contributed by atoms with E-state index < -0.39 is 0 Å². The second-order valence-corrected chi connectivity index (χ2v) is 5.15. The van der Waals surface area contributed by atoms with Gasteiger partial charge in [-0.05, 0) is 18.4 Å². The van der Waals surface area contributed by atoms with Gasteiger partial charge >= 0.3 is 0 Å². The predicted molar refractivity (Wildman–Crippen MR) is 64.3 cm³/mol. The Hall–Kier alpha value is -1.45. The van der Waals surface area contributed by atoms with Gasteiger partial charge in [0.25, 0.3) is 0 Å². The SMILES string of the molecule is Cc1nccc(N(C)C(=O)CC(C)(C)C)n1. The van der Waals surface area contributed by atoms with Crippen LogP contribution < -0.4 is 4.90 Å². The molecule has 1 aromatic heterocycles. The van der Waals surface area contributed by atoms with E-state index in [1.807, 2.05) is 27.7 Å². The quantitative estimate of drug-likeness (QED) is 0.769. The number of hydrogen-bond acceptors (Lipinski definition) is 3. The Kier molecular flexibility index (Phi) is 3.62. The zero-order chi connectivity index (χ0) is 12.3. The van der Waals surface area contributed by atoms with E-state index in [0.29, 0.717) is 18.1 Å². The molecule has 0 N–H and O–H groups in total. The topological polar surface area (TPSA) is 46.1 Å². The molecule has 0 aromatic carbocycles. The van der Waals surface area contributed by atoms with Crippen molar-refractivity contribution >= 4 is 11.7 Å². The molecular formula is C12H19N3O. The minimum atomic E-state index is -0.00653. The highest BCUT2D eigenvalue weighted by molar-refractivity contribution is 5.92. The van der Waals surface area contributed by atoms with Crippen molar-refractivity contribution in [1.82, 2.24) is 9.97 Å². The van der Waals surface area contributed by atoms with Gasteiger partial charge in [-0.15, -0.1) is 0 Å². The molecule has 0 aliphatic rings. The van der Waals surface area contributed by atoms with Gasteiger partial charge in [-0.1, -0.05) is 20.8 Å². The minimum Gasteiger partial charge on any atom is -0.300 e. The molecule has 1 amide bonds. The smallest absolute Gasteiger partial charge is 0.228 e. The number of hydrogen-bond donors (Lipinski definition) is 0. The van der Waals surface area contributed by atoms with Crippen LogP contribution in [0.2, 0.25) is 0 Å². The summed E-state index contributed by atoms with van der Waals surface area (Å²) in [5.41, 5.74) is -0.00653. The maximum Gasteiger partial charge on any atom is 0.228 e. The van der Waals surface area contributed by atoms with E-state index in [0.717, 1.165) is 0 Å². The summed E-state index contributed by atoms with van der Waals surface area (Å²) in [6.45, 7) is 7.95. The molecule has 0 atom stereocenters. The van der Waals surface area contributed by atoms with Crippen LogP contribution in [0.3, 0.4) is 0 Å². The predicted octanol–water partition coefficient (Wildman–Crippen LogP) is 2.18. The molecule has 0 unspecified atom stereocenters. The van der Waals surface area contributed by atoms with Gasteiger partial charge in [0.2, 0.25) is 5.91 Å². The van der Waals surface area contributed by atoms with Crippen molar-refractivity contribution in [2.45, 2.75) is 34.1 Å². The van der Waals surface area contributed by atoms with Crippen LogP contribution in [-0.4, -0.2) is 22.9 Å². The van der Waals surface area contributed by atoms with Crippen LogP contribution in [-0.2, 0) is 4.79 Å². The van der Waals surface area contributed by atoms with Gasteiger partial charge < -0.3 is 0 Å². The minimum absolute atomic E-state index is 0.00653. The Morgan fingerprint density at radius 3 is 2.56 bits per heavy atom. The van der Waals surface area contributed by atoms with Crippen LogP contribution in [0.1, 0.15) is 33.0 Å². The monoisotopic (exact) mass is 221 g/mol. The number of carbonyl (C=O) groups is 1. The van der Waals surface area contributed by atoms with Gasteiger partial charge in [0.05, 0.1) is 0 Å². The Balaban J connectivity index is 2.78. The van der Waals surface area contributed by atoms with E-state index in [1.54, 1.807) is 24.2 Å². The standard InChI is InChI=1S/C12H19N3O/c1-9-13-7-6-10(14-9)15(5)11(16)8-12(2,3)4/h6-7H,8H2,1-5H3. The summed E-state index contributed by atoms with van der Waals surface area (Å²) in [5.74, 6) is 1.40. The average molecular weight is 221 g/mol. The third kappa shape index (κ3) is 3.61. The summed E-state index contributed by atoms with van der Waals surface area (Å²) in [5, 5.41) is 0. The fourth-order valence-electron chi connectivity index (χ4n) is 1.33. The molecule has 1 aromatic rings. The van der Waals surface area contributed by atoms with Crippen molar-refractivity contribution < 1.29 is 4.79 Å². The van der Waals surface area contributed by atoms with Crippen molar-refractivity contribution in [2.75, 3.05) is 11.9 Å². The molecule has 4 nitrogen and oxygen atoms in total. The van der Waals surface area contributed by atoms with Crippen LogP contribution in [0.5, 0.6) is 0 Å². The van der Waals surface area contributed by atoms with Crippen molar-refractivity contribution in [2.24, 2.45) is 5.41 Å². The highest BCUT2D eigenvalue weighted by Gasteiger charge is 2.20. The first-order valence-electron chi connectivity index (χ1n) is 5.36. The summed E-state index contributed by atoms with van der Waals surface area (Å²) in [6.07, 6.45) is 2.17. The summed E-state index contributed by atoms with van der Waals surface area (Å²) in [4.78, 5) is 21.7. The first kappa shape index (κ1) is 12.6. The second-order valence-electron chi connectivity index (χ2n) is 5.15. The van der Waals surface area contributed by atoms with Gasteiger partial charge in [0, 0.05) is 19.7 Å². The van der Waals surface area contributed by atoms with Gasteiger partial charge in [0.15, 0.2) is 0 Å². The molecular weight excluding hydrogens is 202 g/mol. The lowest BCUT2D eigenvalue weighted by Gasteiger charge is -2.22. The second kappa shape index (κ2) is 4.60. The lowest BCUT2D eigenvalue weighted by molar-refractivity contribution is -0.120. The number of aromatic nitrogens is 2. The Bertz CT molecular complexity index is 382. The fraction of sp³-hybridized carbons (Fsp3) is 0.583. The number of anilines is 1. The normalized spacial score (nSPS) is 11.3. The van der Waals surface area contributed by atoms with E-state index in [1.165, 1.54) is 0 Å². The number of amides is 1. The van der Waals surface area contributed by atoms with Crippen LogP contribution in [0.4, 0.5) is 5.82 Å². The third-order valence-electron chi connectivity index (χ3n) is 2.16. The summed E-state index contributed by atoms with van der Waals surface area (Å²) in [7, 11) is 1.75. The Morgan fingerprint density at radius 1 is 1.44 bits per heavy atom. The molecule has 88 valence electrons. The summed E-state index contributed by atoms with van der Waals surface area (Å²) >= 11 is 0. The van der Waals surface area contributed by atoms with E-state index in [-0.39, 0.29) is 11.3 Å². The van der Waals surface area contributed by atoms with Crippen molar-refractivity contribution in [1.29, 1.82) is 0 Å². The maximum absolute atomic E-state index is 11.9. The van der Waals surface area contributed by atoms with Crippen molar-refractivity contribution in [3.05, 3.63) is 18.1 Å². The lowest BCUT2D eigenvalue weighted by Crippen LogP contribution is -2.30. The zero-order valence-corrected chi connectivity index (χ0v) is 10.6. The molecule has 1 heterocycles. The van der Waals surface area contributed by atoms with Gasteiger partial charge in [0.1, 0.15) is 11.6 Å². The number of rotatable bonds is 2. The largest absolute Gasteiger partial charge is 0.300 e. The molecule has 0 aliphatic heterocycles. The molecule has 0 aliphatic carbocycles. The van der Waals surface area contributed by atoms with Gasteiger partial charge in [-0.3, -0.25) is 9.69 Å². The van der Waals surface area contributed by atoms with Crippen LogP contribution in [0.25, 0.3) is 0 Å². The lowest BCUT2D eigenvalue weighted by atomic mass is 9.92. The number of aryl methyl sites for hydroxylation is 1. The first-order chi connectivity index (χ1) is 7.29. The van der Waals surface area contributed by atoms with Crippen LogP contribution in [0, 0.1) is 12.3 Å². The van der Waals surface area contributed by atoms with Crippen LogP contribution >= 0.6 is 0 Å². The molecule has 0 saturated heterocycles. The first-order valence-corrected chi connectivity index (χ1v) is 5.36. The summed E-state index contributed by atoms with van der Waals surface area (Å²) in [6, 6.07) is 1.74. The van der Waals surface area contributed by atoms with E-state index >= 15 is 0 Å². The molecule has 1 rings (SSSR count). The van der Waals surface area contributed by atoms with Gasteiger partial charge in [-0.2, -0.15) is 0 Å². The van der Waals surface area contributed by atoms with E-state index in [4.69, 9.17) is 0 Å². The highest BCUT2D eigenvalue weighted by atomic mass is 16.2. The Labute approximate surface area is 96.7 Å². The molecule has 0 spiro atoms. The molecule has 4 heteroatoms. The molecule has 16 heavy (non-hydrogen) atoms. The molecule has 0 radical (unpaired) electrons. The zero-order valence-electron chi connectivity index (χ0n) is 10.6. The van der Waals surface area contributed by atoms with E-state index in [2.05, 4.69) is 9.97 Å². The third-order valence-corrected chi connectivity index (χ3v) is 2.16. The molecule has 0 fully saturated rings. The number of carbonyl (C=O) groups excluding carboxylic acids is 1. The molecule has 0 bridgehead atoms. The average Bonchev–Trinajstić information content (AvgIpc) is 2.14. The summed E-state index contributed by atoms with van der Waals surface area (Å²) < 4.78 is 0. The van der Waals surface area contributed by atoms with Crippen molar-refractivity contribution in [3.8, 4) is 0 Å². The van der Waals surface area contributed by atoms with Crippen LogP contribution in [0.15, 0.2) is 12.3 Å².